The van der Waals surface area contributed by atoms with Crippen molar-refractivity contribution in [2.45, 2.75) is 0 Å². The number of benzene rings is 2. The normalized spacial score (nSPS) is 13.1. The Morgan fingerprint density at radius 3 is 2.50 bits per heavy atom. The Hall–Kier alpha value is -5.06. The molecule has 3 aromatic rings. The fourth-order valence-electron chi connectivity index (χ4n) is 3.28. The third-order valence-corrected chi connectivity index (χ3v) is 4.82. The average Bonchev–Trinajstić information content (AvgIpc) is 3.36. The van der Waals surface area contributed by atoms with Crippen molar-refractivity contribution in [1.29, 1.82) is 0 Å². The molecule has 1 aliphatic rings. The number of ether oxygens (including phenoxy) is 2. The number of amides is 4. The lowest BCUT2D eigenvalue weighted by atomic mass is 10.1. The number of anilines is 2. The molecule has 11 nitrogen and oxygen atoms in total. The van der Waals surface area contributed by atoms with Gasteiger partial charge in [0.15, 0.2) is 0 Å². The third kappa shape index (κ3) is 4.88. The summed E-state index contributed by atoms with van der Waals surface area (Å²) in [6.45, 7) is 0. The van der Waals surface area contributed by atoms with Crippen molar-refractivity contribution in [2.75, 3.05) is 17.7 Å². The highest BCUT2D eigenvalue weighted by atomic mass is 16.7. The smallest absolute Gasteiger partial charge is 0.497 e. The van der Waals surface area contributed by atoms with Gasteiger partial charge in [-0.3, -0.25) is 14.9 Å². The molecule has 2 heterocycles. The first-order valence-electron chi connectivity index (χ1n) is 9.86. The summed E-state index contributed by atoms with van der Waals surface area (Å²) < 4.78 is 9.57. The average molecular weight is 462 g/mol. The van der Waals surface area contributed by atoms with E-state index in [2.05, 4.69) is 25.7 Å². The van der Waals surface area contributed by atoms with Crippen LogP contribution in [0, 0.1) is 0 Å². The first-order valence-corrected chi connectivity index (χ1v) is 9.86. The molecule has 0 bridgehead atoms. The Bertz CT molecular complexity index is 1330. The maximum atomic E-state index is 12.4. The molecule has 5 N–H and O–H groups in total. The predicted octanol–water partition coefficient (Wildman–Crippen LogP) is 3.53. The number of carbonyl (C=O) groups excluding carboxylic acids is 3. The van der Waals surface area contributed by atoms with Gasteiger partial charge in [0.05, 0.1) is 18.4 Å². The van der Waals surface area contributed by atoms with Crippen molar-refractivity contribution < 1.29 is 33.8 Å². The molecule has 0 unspecified atom stereocenters. The fraction of sp³-hybridized carbons (Fsp3) is 0.0435. The molecule has 172 valence electrons. The molecule has 0 radical (unpaired) electrons. The molecule has 1 aliphatic heterocycles. The van der Waals surface area contributed by atoms with Gasteiger partial charge in [0, 0.05) is 28.6 Å². The predicted molar refractivity (Wildman–Crippen MR) is 122 cm³/mol. The summed E-state index contributed by atoms with van der Waals surface area (Å²) >= 11 is 0. The Kier molecular flexibility index (Phi) is 5.99. The van der Waals surface area contributed by atoms with Gasteiger partial charge in [0.2, 0.25) is 5.88 Å². The molecule has 2 aromatic carbocycles. The number of methoxy groups -OCH3 is 1. The van der Waals surface area contributed by atoms with Crippen LogP contribution in [0.25, 0.3) is 11.6 Å². The Morgan fingerprint density at radius 1 is 1.03 bits per heavy atom. The van der Waals surface area contributed by atoms with Crippen LogP contribution in [-0.4, -0.2) is 41.2 Å². The second kappa shape index (κ2) is 9.20. The molecule has 0 saturated heterocycles. The monoisotopic (exact) mass is 462 g/mol. The summed E-state index contributed by atoms with van der Waals surface area (Å²) in [6, 6.07) is 13.3. The number of aromatic nitrogens is 1. The van der Waals surface area contributed by atoms with E-state index >= 15 is 0 Å². The maximum Gasteiger partial charge on any atom is 0.512 e. The zero-order valence-electron chi connectivity index (χ0n) is 17.7. The number of H-pyrrole nitrogens is 1. The number of nitrogens with one attached hydrogen (secondary N) is 4. The van der Waals surface area contributed by atoms with Gasteiger partial charge >= 0.3 is 12.2 Å². The van der Waals surface area contributed by atoms with Crippen LogP contribution in [0.15, 0.2) is 54.6 Å². The Balaban J connectivity index is 1.44. The van der Waals surface area contributed by atoms with Crippen LogP contribution < -0.4 is 25.4 Å². The van der Waals surface area contributed by atoms with Crippen LogP contribution in [0.5, 0.6) is 11.6 Å². The number of hydrogen-bond acceptors (Lipinski definition) is 6. The summed E-state index contributed by atoms with van der Waals surface area (Å²) in [4.78, 5) is 50.3. The Morgan fingerprint density at radius 2 is 1.79 bits per heavy atom. The van der Waals surface area contributed by atoms with E-state index in [4.69, 9.17) is 9.84 Å². The second-order valence-corrected chi connectivity index (χ2v) is 7.06. The van der Waals surface area contributed by atoms with Gasteiger partial charge in [-0.25, -0.2) is 9.59 Å². The van der Waals surface area contributed by atoms with Crippen LogP contribution in [0.3, 0.4) is 0 Å². The summed E-state index contributed by atoms with van der Waals surface area (Å²) in [5.41, 5.74) is 2.49. The lowest BCUT2D eigenvalue weighted by molar-refractivity contribution is -0.110. The maximum absolute atomic E-state index is 12.4. The lowest BCUT2D eigenvalue weighted by Gasteiger charge is -2.08. The number of aromatic amines is 1. The largest absolute Gasteiger partial charge is 0.512 e. The van der Waals surface area contributed by atoms with Crippen molar-refractivity contribution in [3.63, 3.8) is 0 Å². The van der Waals surface area contributed by atoms with Gasteiger partial charge < -0.3 is 30.2 Å². The highest BCUT2D eigenvalue weighted by Gasteiger charge is 2.25. The van der Waals surface area contributed by atoms with E-state index < -0.39 is 18.1 Å². The van der Waals surface area contributed by atoms with Crippen molar-refractivity contribution in [3.8, 4) is 11.6 Å². The van der Waals surface area contributed by atoms with E-state index in [1.165, 1.54) is 25.3 Å². The number of carbonyl (C=O) groups is 4. The number of rotatable bonds is 5. The SMILES string of the molecule is COc1ccc(C(=O)NC(=O)Nc2ccc3c(c2)NC(=O)/C3=C\c2ccc(OC(=O)O)[nH]2)cc1. The first kappa shape index (κ1) is 22.1. The van der Waals surface area contributed by atoms with E-state index in [-0.39, 0.29) is 17.4 Å². The van der Waals surface area contributed by atoms with Crippen LogP contribution in [0.4, 0.5) is 21.0 Å². The van der Waals surface area contributed by atoms with Crippen LogP contribution in [0.1, 0.15) is 21.6 Å². The zero-order valence-corrected chi connectivity index (χ0v) is 17.7. The molecular weight excluding hydrogens is 444 g/mol. The van der Waals surface area contributed by atoms with Crippen LogP contribution in [-0.2, 0) is 4.79 Å². The fourth-order valence-corrected chi connectivity index (χ4v) is 3.28. The van der Waals surface area contributed by atoms with Crippen LogP contribution >= 0.6 is 0 Å². The van der Waals surface area contributed by atoms with E-state index in [1.807, 2.05) is 0 Å². The molecule has 0 spiro atoms. The standard InChI is InChI=1S/C23H18N4O7/c1-33-15-6-2-12(3-7-15)20(28)27-22(30)25-14-4-8-16-17(21(29)26-18(16)11-14)10-13-5-9-19(24-13)34-23(31)32/h2-11,24H,1H3,(H,26,29)(H,31,32)(H2,25,27,28,30)/b17-10-. The van der Waals surface area contributed by atoms with Crippen molar-refractivity contribution >= 4 is 47.0 Å². The van der Waals surface area contributed by atoms with Crippen LogP contribution in [0.2, 0.25) is 0 Å². The van der Waals surface area contributed by atoms with Gasteiger partial charge in [-0.2, -0.15) is 0 Å². The highest BCUT2D eigenvalue weighted by Crippen LogP contribution is 2.35. The van der Waals surface area contributed by atoms with Gasteiger partial charge in [0.25, 0.3) is 11.8 Å². The van der Waals surface area contributed by atoms with Crippen molar-refractivity contribution in [3.05, 3.63) is 71.4 Å². The highest BCUT2D eigenvalue weighted by molar-refractivity contribution is 6.35. The van der Waals surface area contributed by atoms with E-state index in [1.54, 1.807) is 42.5 Å². The van der Waals surface area contributed by atoms with E-state index in [9.17, 15) is 19.2 Å². The third-order valence-electron chi connectivity index (χ3n) is 4.82. The van der Waals surface area contributed by atoms with Crippen molar-refractivity contribution in [1.82, 2.24) is 10.3 Å². The molecule has 0 fully saturated rings. The lowest BCUT2D eigenvalue weighted by Crippen LogP contribution is -2.34. The summed E-state index contributed by atoms with van der Waals surface area (Å²) in [6.07, 6.45) is 0.0863. The molecule has 0 saturated carbocycles. The topological polar surface area (TPSA) is 159 Å². The molecule has 1 aromatic heterocycles. The minimum Gasteiger partial charge on any atom is -0.497 e. The summed E-state index contributed by atoms with van der Waals surface area (Å²) in [5, 5.41) is 16.1. The minimum absolute atomic E-state index is 0.0210. The molecule has 0 aliphatic carbocycles. The first-order chi connectivity index (χ1) is 16.3. The van der Waals surface area contributed by atoms with Crippen molar-refractivity contribution in [2.24, 2.45) is 0 Å². The molecule has 34 heavy (non-hydrogen) atoms. The van der Waals surface area contributed by atoms with Gasteiger partial charge in [-0.1, -0.05) is 6.07 Å². The molecule has 4 rings (SSSR count). The van der Waals surface area contributed by atoms with Gasteiger partial charge in [-0.05, 0) is 48.5 Å². The van der Waals surface area contributed by atoms with Gasteiger partial charge in [-0.15, -0.1) is 0 Å². The number of hydrogen-bond donors (Lipinski definition) is 5. The molecule has 4 amide bonds. The number of imide groups is 1. The number of fused-ring (bicyclic) bond motifs is 1. The quantitative estimate of drug-likeness (QED) is 0.286. The van der Waals surface area contributed by atoms with E-state index in [0.29, 0.717) is 34.0 Å². The number of carboxylic acid groups (broad SMARTS) is 1. The van der Waals surface area contributed by atoms with Gasteiger partial charge in [0.1, 0.15) is 5.75 Å². The van der Waals surface area contributed by atoms with E-state index in [0.717, 1.165) is 0 Å². The summed E-state index contributed by atoms with van der Waals surface area (Å²) in [7, 11) is 1.51. The molecule has 11 heteroatoms. The second-order valence-electron chi connectivity index (χ2n) is 7.06. The molecular formula is C23H18N4O7. The number of urea groups is 1. The zero-order chi connectivity index (χ0) is 24.2. The Labute approximate surface area is 192 Å². The minimum atomic E-state index is -1.46. The summed E-state index contributed by atoms with van der Waals surface area (Å²) in [5.74, 6) is -0.355. The molecule has 0 atom stereocenters.